The third-order valence-electron chi connectivity index (χ3n) is 5.89. The van der Waals surface area contributed by atoms with Crippen LogP contribution in [0.15, 0.2) is 58.1 Å². The van der Waals surface area contributed by atoms with Crippen molar-refractivity contribution in [3.63, 3.8) is 0 Å². The van der Waals surface area contributed by atoms with Gasteiger partial charge in [-0.1, -0.05) is 55.5 Å². The molecule has 148 valence electrons. The Kier molecular flexibility index (Phi) is 3.86. The van der Waals surface area contributed by atoms with E-state index in [4.69, 9.17) is 0 Å². The molecule has 0 fully saturated rings. The van der Waals surface area contributed by atoms with E-state index in [1.54, 1.807) is 13.1 Å². The summed E-state index contributed by atoms with van der Waals surface area (Å²) >= 11 is 0. The van der Waals surface area contributed by atoms with Crippen LogP contribution in [0.5, 0.6) is 0 Å². The second-order valence-corrected chi connectivity index (χ2v) is 7.54. The number of hydrogen-bond acceptors (Lipinski definition) is 4. The highest BCUT2D eigenvalue weighted by atomic mass is 16.2. The monoisotopic (exact) mass is 397 g/mol. The van der Waals surface area contributed by atoms with Crippen LogP contribution in [0, 0.1) is 0 Å². The van der Waals surface area contributed by atoms with Crippen LogP contribution in [-0.4, -0.2) is 19.9 Å². The molecule has 4 aromatic rings. The largest absolute Gasteiger partial charge is 0.332 e. The Morgan fingerprint density at radius 1 is 0.833 bits per heavy atom. The Morgan fingerprint density at radius 2 is 1.50 bits per heavy atom. The first-order chi connectivity index (χ1) is 14.4. The number of aromatic nitrogens is 3. The number of benzene rings is 2. The quantitative estimate of drug-likeness (QED) is 0.459. The van der Waals surface area contributed by atoms with E-state index in [1.165, 1.54) is 11.6 Å². The number of aryl methyl sites for hydroxylation is 2. The van der Waals surface area contributed by atoms with Gasteiger partial charge < -0.3 is 0 Å². The van der Waals surface area contributed by atoms with Gasteiger partial charge in [-0.3, -0.25) is 18.7 Å². The van der Waals surface area contributed by atoms with Crippen molar-refractivity contribution in [3.05, 3.63) is 86.1 Å². The summed E-state index contributed by atoms with van der Waals surface area (Å²) in [5.41, 5.74) is 4.03. The highest BCUT2D eigenvalue weighted by Gasteiger charge is 2.34. The number of rotatable bonds is 2. The third-order valence-corrected chi connectivity index (χ3v) is 5.89. The van der Waals surface area contributed by atoms with Crippen LogP contribution >= 0.6 is 0 Å². The Balaban J connectivity index is 2.02. The highest BCUT2D eigenvalue weighted by Crippen LogP contribution is 2.42. The molecule has 0 spiro atoms. The maximum Gasteiger partial charge on any atom is 0.332 e. The van der Waals surface area contributed by atoms with E-state index in [0.717, 1.165) is 27.7 Å². The lowest BCUT2D eigenvalue weighted by Gasteiger charge is -2.15. The molecule has 2 heterocycles. The Morgan fingerprint density at radius 3 is 2.17 bits per heavy atom. The summed E-state index contributed by atoms with van der Waals surface area (Å²) in [4.78, 5) is 43.8. The Labute approximate surface area is 172 Å². The van der Waals surface area contributed by atoms with Crippen LogP contribution in [0.1, 0.15) is 28.4 Å². The average molecular weight is 397 g/mol. The van der Waals surface area contributed by atoms with Gasteiger partial charge in [0.15, 0.2) is 11.4 Å². The van der Waals surface area contributed by atoms with Gasteiger partial charge in [0.2, 0.25) is 0 Å². The average Bonchev–Trinajstić information content (AvgIpc) is 3.07. The van der Waals surface area contributed by atoms with Crippen molar-refractivity contribution in [3.8, 4) is 22.4 Å². The fourth-order valence-electron chi connectivity index (χ4n) is 4.22. The fourth-order valence-corrected chi connectivity index (χ4v) is 4.22. The standard InChI is InChI=1S/C24H19N3O3/c1-4-13-9-11-14(12-10-13)17-18-20(15-7-5-6-8-16(15)21(18)28)25-22-19(17)23(29)27(3)24(30)26(22)2/h5-12H,4H2,1-3H3. The molecule has 2 aromatic carbocycles. The smallest absolute Gasteiger partial charge is 0.288 e. The van der Waals surface area contributed by atoms with Crippen LogP contribution < -0.4 is 11.2 Å². The van der Waals surface area contributed by atoms with Gasteiger partial charge in [0.05, 0.1) is 16.6 Å². The van der Waals surface area contributed by atoms with Crippen LogP contribution in [0.25, 0.3) is 33.4 Å². The summed E-state index contributed by atoms with van der Waals surface area (Å²) < 4.78 is 2.43. The lowest BCUT2D eigenvalue weighted by Crippen LogP contribution is -2.37. The molecular weight excluding hydrogens is 378 g/mol. The minimum Gasteiger partial charge on any atom is -0.288 e. The SMILES string of the molecule is CCc1ccc(-c2c3c(nc4c2c(=O)n(C)c(=O)n4C)-c2ccccc2C3=O)cc1. The number of carbonyl (C=O) groups excluding carboxylic acids is 1. The molecule has 0 radical (unpaired) electrons. The van der Waals surface area contributed by atoms with Crippen molar-refractivity contribution in [2.75, 3.05) is 0 Å². The first-order valence-electron chi connectivity index (χ1n) is 9.81. The molecule has 0 aliphatic heterocycles. The topological polar surface area (TPSA) is 74.0 Å². The molecule has 0 saturated heterocycles. The number of carbonyl (C=O) groups is 1. The molecule has 0 unspecified atom stereocenters. The van der Waals surface area contributed by atoms with Crippen molar-refractivity contribution in [1.29, 1.82) is 0 Å². The van der Waals surface area contributed by atoms with Gasteiger partial charge in [-0.2, -0.15) is 0 Å². The fraction of sp³-hybridized carbons (Fsp3) is 0.167. The van der Waals surface area contributed by atoms with Gasteiger partial charge in [-0.05, 0) is 17.5 Å². The minimum absolute atomic E-state index is 0.152. The van der Waals surface area contributed by atoms with E-state index < -0.39 is 11.2 Å². The zero-order chi connectivity index (χ0) is 21.2. The summed E-state index contributed by atoms with van der Waals surface area (Å²) in [7, 11) is 3.04. The summed E-state index contributed by atoms with van der Waals surface area (Å²) in [6.45, 7) is 2.07. The number of pyridine rings is 1. The van der Waals surface area contributed by atoms with Crippen LogP contribution in [0.4, 0.5) is 0 Å². The van der Waals surface area contributed by atoms with Gasteiger partial charge in [0, 0.05) is 30.8 Å². The normalized spacial score (nSPS) is 12.3. The van der Waals surface area contributed by atoms with Gasteiger partial charge in [-0.15, -0.1) is 0 Å². The van der Waals surface area contributed by atoms with E-state index in [-0.39, 0.29) is 16.8 Å². The number of hydrogen-bond donors (Lipinski definition) is 0. The zero-order valence-corrected chi connectivity index (χ0v) is 16.9. The van der Waals surface area contributed by atoms with Crippen molar-refractivity contribution in [1.82, 2.24) is 14.1 Å². The highest BCUT2D eigenvalue weighted by molar-refractivity contribution is 6.26. The maximum absolute atomic E-state index is 13.4. The minimum atomic E-state index is -0.457. The molecular formula is C24H19N3O3. The van der Waals surface area contributed by atoms with E-state index >= 15 is 0 Å². The van der Waals surface area contributed by atoms with Crippen molar-refractivity contribution < 1.29 is 4.79 Å². The molecule has 2 aromatic heterocycles. The Bertz CT molecular complexity index is 1490. The lowest BCUT2D eigenvalue weighted by molar-refractivity contribution is 0.104. The van der Waals surface area contributed by atoms with Crippen LogP contribution in [0.3, 0.4) is 0 Å². The van der Waals surface area contributed by atoms with Gasteiger partial charge in [0.1, 0.15) is 0 Å². The van der Waals surface area contributed by atoms with Crippen molar-refractivity contribution in [2.24, 2.45) is 14.1 Å². The number of nitrogens with zero attached hydrogens (tertiary/aromatic N) is 3. The molecule has 0 amide bonds. The molecule has 0 saturated carbocycles. The summed E-state index contributed by atoms with van der Waals surface area (Å²) in [5, 5.41) is 0.281. The molecule has 0 atom stereocenters. The molecule has 1 aliphatic carbocycles. The molecule has 6 nitrogen and oxygen atoms in total. The number of ketones is 1. The molecule has 1 aliphatic rings. The van der Waals surface area contributed by atoms with Crippen molar-refractivity contribution in [2.45, 2.75) is 13.3 Å². The Hall–Kier alpha value is -3.80. The summed E-state index contributed by atoms with van der Waals surface area (Å²) in [5.74, 6) is -0.152. The molecule has 6 heteroatoms. The summed E-state index contributed by atoms with van der Waals surface area (Å²) in [6.07, 6.45) is 0.885. The van der Waals surface area contributed by atoms with E-state index in [0.29, 0.717) is 22.4 Å². The third kappa shape index (κ3) is 2.30. The maximum atomic E-state index is 13.4. The van der Waals surface area contributed by atoms with E-state index in [2.05, 4.69) is 11.9 Å². The van der Waals surface area contributed by atoms with E-state index in [1.807, 2.05) is 42.5 Å². The zero-order valence-electron chi connectivity index (χ0n) is 16.9. The predicted molar refractivity (Wildman–Crippen MR) is 116 cm³/mol. The summed E-state index contributed by atoms with van der Waals surface area (Å²) in [6, 6.07) is 15.1. The number of fused-ring (bicyclic) bond motifs is 4. The van der Waals surface area contributed by atoms with E-state index in [9.17, 15) is 14.4 Å². The lowest BCUT2D eigenvalue weighted by atomic mass is 9.94. The molecule has 0 N–H and O–H groups in total. The second kappa shape index (κ2) is 6.35. The van der Waals surface area contributed by atoms with Gasteiger partial charge in [0.25, 0.3) is 5.56 Å². The van der Waals surface area contributed by atoms with Crippen LogP contribution in [-0.2, 0) is 20.5 Å². The first kappa shape index (κ1) is 18.2. The molecule has 30 heavy (non-hydrogen) atoms. The molecule has 5 rings (SSSR count). The molecule has 0 bridgehead atoms. The van der Waals surface area contributed by atoms with Crippen LogP contribution in [0.2, 0.25) is 0 Å². The second-order valence-electron chi connectivity index (χ2n) is 7.54. The predicted octanol–water partition coefficient (Wildman–Crippen LogP) is 3.07. The van der Waals surface area contributed by atoms with Gasteiger partial charge in [-0.25, -0.2) is 9.78 Å². The van der Waals surface area contributed by atoms with Gasteiger partial charge >= 0.3 is 5.69 Å². The first-order valence-corrected chi connectivity index (χ1v) is 9.81. The van der Waals surface area contributed by atoms with Crippen molar-refractivity contribution >= 4 is 16.8 Å².